The van der Waals surface area contributed by atoms with Gasteiger partial charge in [0.1, 0.15) is 0 Å². The van der Waals surface area contributed by atoms with Crippen LogP contribution in [0.1, 0.15) is 12.5 Å². The molecule has 1 aliphatic rings. The van der Waals surface area contributed by atoms with E-state index in [1.165, 1.54) is 5.56 Å². The van der Waals surface area contributed by atoms with E-state index in [1.54, 1.807) is 0 Å². The van der Waals surface area contributed by atoms with Gasteiger partial charge in [0.2, 0.25) is 0 Å². The van der Waals surface area contributed by atoms with Crippen LogP contribution in [-0.4, -0.2) is 37.5 Å². The Morgan fingerprint density at radius 2 is 2.06 bits per heavy atom. The third kappa shape index (κ3) is 3.53. The Morgan fingerprint density at radius 1 is 1.35 bits per heavy atom. The summed E-state index contributed by atoms with van der Waals surface area (Å²) in [5.41, 5.74) is 1.51. The Balaban J connectivity index is 1.80. The molecule has 0 spiro atoms. The van der Waals surface area contributed by atoms with E-state index in [9.17, 15) is 5.11 Å². The van der Waals surface area contributed by atoms with E-state index < -0.39 is 0 Å². The normalized spacial score (nSPS) is 19.6. The molecular weight excluding hydrogens is 214 g/mol. The SMILES string of the molecule is CC1(CN[C@@H](CO)Cc2ccccc2)COC1. The number of hydrogen-bond donors (Lipinski definition) is 2. The molecule has 17 heavy (non-hydrogen) atoms. The molecule has 1 atom stereocenters. The van der Waals surface area contributed by atoms with Crippen molar-refractivity contribution in [3.05, 3.63) is 35.9 Å². The van der Waals surface area contributed by atoms with Gasteiger partial charge in [0.15, 0.2) is 0 Å². The summed E-state index contributed by atoms with van der Waals surface area (Å²) in [7, 11) is 0. The molecule has 1 aromatic carbocycles. The Labute approximate surface area is 103 Å². The van der Waals surface area contributed by atoms with Gasteiger partial charge in [0.25, 0.3) is 0 Å². The highest BCUT2D eigenvalue weighted by Crippen LogP contribution is 2.25. The molecule has 0 radical (unpaired) electrons. The molecule has 0 aromatic heterocycles. The highest BCUT2D eigenvalue weighted by molar-refractivity contribution is 5.15. The van der Waals surface area contributed by atoms with Crippen LogP contribution in [0.15, 0.2) is 30.3 Å². The summed E-state index contributed by atoms with van der Waals surface area (Å²) in [5.74, 6) is 0. The molecule has 1 saturated heterocycles. The Hall–Kier alpha value is -0.900. The van der Waals surface area contributed by atoms with E-state index in [2.05, 4.69) is 24.4 Å². The minimum Gasteiger partial charge on any atom is -0.395 e. The van der Waals surface area contributed by atoms with Gasteiger partial charge in [-0.05, 0) is 12.0 Å². The van der Waals surface area contributed by atoms with Crippen molar-refractivity contribution >= 4 is 0 Å². The van der Waals surface area contributed by atoms with Crippen molar-refractivity contribution < 1.29 is 9.84 Å². The van der Waals surface area contributed by atoms with Crippen molar-refractivity contribution in [1.29, 1.82) is 0 Å². The number of rotatable bonds is 6. The van der Waals surface area contributed by atoms with Gasteiger partial charge < -0.3 is 15.2 Å². The van der Waals surface area contributed by atoms with Crippen molar-refractivity contribution in [2.24, 2.45) is 5.41 Å². The lowest BCUT2D eigenvalue weighted by atomic mass is 9.88. The molecule has 2 N–H and O–H groups in total. The van der Waals surface area contributed by atoms with Crippen LogP contribution in [0.3, 0.4) is 0 Å². The average molecular weight is 235 g/mol. The van der Waals surface area contributed by atoms with Crippen molar-refractivity contribution in [1.82, 2.24) is 5.32 Å². The molecule has 0 saturated carbocycles. The second kappa shape index (κ2) is 5.63. The van der Waals surface area contributed by atoms with Crippen LogP contribution in [0.25, 0.3) is 0 Å². The van der Waals surface area contributed by atoms with Gasteiger partial charge in [0.05, 0.1) is 19.8 Å². The fraction of sp³-hybridized carbons (Fsp3) is 0.571. The molecule has 94 valence electrons. The van der Waals surface area contributed by atoms with Gasteiger partial charge >= 0.3 is 0 Å². The lowest BCUT2D eigenvalue weighted by Gasteiger charge is -2.39. The van der Waals surface area contributed by atoms with Crippen molar-refractivity contribution in [2.45, 2.75) is 19.4 Å². The predicted molar refractivity (Wildman–Crippen MR) is 67.9 cm³/mol. The standard InChI is InChI=1S/C14H21NO2/c1-14(10-17-11-14)9-15-13(8-16)7-12-5-3-2-4-6-12/h2-6,13,15-16H,7-11H2,1H3/t13-/m1/s1. The Kier molecular flexibility index (Phi) is 4.15. The first-order chi connectivity index (χ1) is 8.22. The number of nitrogens with one attached hydrogen (secondary N) is 1. The molecule has 0 amide bonds. The van der Waals surface area contributed by atoms with Gasteiger partial charge in [-0.15, -0.1) is 0 Å². The van der Waals surface area contributed by atoms with Gasteiger partial charge in [-0.25, -0.2) is 0 Å². The van der Waals surface area contributed by atoms with E-state index >= 15 is 0 Å². The predicted octanol–water partition coefficient (Wildman–Crippen LogP) is 1.22. The number of aliphatic hydroxyl groups excluding tert-OH is 1. The number of aliphatic hydroxyl groups is 1. The van der Waals surface area contributed by atoms with E-state index in [4.69, 9.17) is 4.74 Å². The second-order valence-corrected chi connectivity index (χ2v) is 5.25. The molecule has 1 aromatic rings. The van der Waals surface area contributed by atoms with Crippen LogP contribution in [0.2, 0.25) is 0 Å². The number of benzene rings is 1. The molecule has 1 aliphatic heterocycles. The van der Waals surface area contributed by atoms with E-state index in [0.717, 1.165) is 26.2 Å². The fourth-order valence-corrected chi connectivity index (χ4v) is 2.04. The molecule has 1 fully saturated rings. The minimum atomic E-state index is 0.134. The number of hydrogen-bond acceptors (Lipinski definition) is 3. The molecule has 0 bridgehead atoms. The van der Waals surface area contributed by atoms with Crippen molar-refractivity contribution in [3.63, 3.8) is 0 Å². The van der Waals surface area contributed by atoms with E-state index in [0.29, 0.717) is 0 Å². The molecular formula is C14H21NO2. The second-order valence-electron chi connectivity index (χ2n) is 5.25. The third-order valence-electron chi connectivity index (χ3n) is 3.26. The summed E-state index contributed by atoms with van der Waals surface area (Å²) < 4.78 is 5.22. The van der Waals surface area contributed by atoms with Crippen LogP contribution in [0, 0.1) is 5.41 Å². The molecule has 2 rings (SSSR count). The van der Waals surface area contributed by atoms with Gasteiger partial charge in [-0.1, -0.05) is 37.3 Å². The largest absolute Gasteiger partial charge is 0.395 e. The van der Waals surface area contributed by atoms with Crippen LogP contribution in [0.5, 0.6) is 0 Å². The van der Waals surface area contributed by atoms with E-state index in [-0.39, 0.29) is 18.1 Å². The monoisotopic (exact) mass is 235 g/mol. The van der Waals surface area contributed by atoms with Crippen molar-refractivity contribution in [3.8, 4) is 0 Å². The summed E-state index contributed by atoms with van der Waals surface area (Å²) in [5, 5.41) is 12.8. The van der Waals surface area contributed by atoms with Crippen LogP contribution in [0.4, 0.5) is 0 Å². The summed E-state index contributed by atoms with van der Waals surface area (Å²) >= 11 is 0. The van der Waals surface area contributed by atoms with Crippen LogP contribution in [-0.2, 0) is 11.2 Å². The summed E-state index contributed by atoms with van der Waals surface area (Å²) in [4.78, 5) is 0. The minimum absolute atomic E-state index is 0.134. The molecule has 3 heteroatoms. The molecule has 1 heterocycles. The maximum absolute atomic E-state index is 9.38. The van der Waals surface area contributed by atoms with Gasteiger partial charge in [-0.2, -0.15) is 0 Å². The first-order valence-corrected chi connectivity index (χ1v) is 6.18. The zero-order chi connectivity index (χ0) is 12.1. The average Bonchev–Trinajstić information content (AvgIpc) is 2.33. The third-order valence-corrected chi connectivity index (χ3v) is 3.26. The first kappa shape index (κ1) is 12.6. The smallest absolute Gasteiger partial charge is 0.0587 e. The molecule has 0 aliphatic carbocycles. The molecule has 0 unspecified atom stereocenters. The highest BCUT2D eigenvalue weighted by atomic mass is 16.5. The lowest BCUT2D eigenvalue weighted by molar-refractivity contribution is -0.100. The summed E-state index contributed by atoms with van der Waals surface area (Å²) in [6.45, 7) is 4.93. The maximum Gasteiger partial charge on any atom is 0.0587 e. The zero-order valence-corrected chi connectivity index (χ0v) is 10.4. The first-order valence-electron chi connectivity index (χ1n) is 6.18. The lowest BCUT2D eigenvalue weighted by Crippen LogP contribution is -2.50. The zero-order valence-electron chi connectivity index (χ0n) is 10.4. The van der Waals surface area contributed by atoms with Gasteiger partial charge in [0, 0.05) is 18.0 Å². The quantitative estimate of drug-likeness (QED) is 0.779. The summed E-state index contributed by atoms with van der Waals surface area (Å²) in [6, 6.07) is 10.4. The highest BCUT2D eigenvalue weighted by Gasteiger charge is 2.33. The summed E-state index contributed by atoms with van der Waals surface area (Å²) in [6.07, 6.45) is 0.869. The Morgan fingerprint density at radius 3 is 2.59 bits per heavy atom. The number of ether oxygens (including phenoxy) is 1. The van der Waals surface area contributed by atoms with Crippen LogP contribution < -0.4 is 5.32 Å². The fourth-order valence-electron chi connectivity index (χ4n) is 2.04. The van der Waals surface area contributed by atoms with E-state index in [1.807, 2.05) is 18.2 Å². The van der Waals surface area contributed by atoms with Crippen molar-refractivity contribution in [2.75, 3.05) is 26.4 Å². The van der Waals surface area contributed by atoms with Gasteiger partial charge in [-0.3, -0.25) is 0 Å². The maximum atomic E-state index is 9.38. The van der Waals surface area contributed by atoms with Crippen LogP contribution >= 0.6 is 0 Å². The topological polar surface area (TPSA) is 41.5 Å². The molecule has 3 nitrogen and oxygen atoms in total. The Bertz CT molecular complexity index is 335.